The molecule has 0 fully saturated rings. The van der Waals surface area contributed by atoms with Gasteiger partial charge in [-0.15, -0.1) is 17.9 Å². The molecule has 1 rings (SSSR count). The van der Waals surface area contributed by atoms with Gasteiger partial charge in [0.2, 0.25) is 0 Å². The number of thiazole rings is 1. The number of nitrogens with one attached hydrogen (secondary N) is 1. The van der Waals surface area contributed by atoms with Crippen LogP contribution in [0.5, 0.6) is 0 Å². The van der Waals surface area contributed by atoms with Crippen LogP contribution in [0.4, 0.5) is 0 Å². The van der Waals surface area contributed by atoms with Gasteiger partial charge in [-0.2, -0.15) is 0 Å². The normalized spacial score (nSPS) is 12.7. The number of carbonyl (C=O) groups excluding carboxylic acids is 1. The summed E-state index contributed by atoms with van der Waals surface area (Å²) in [4.78, 5) is 28.0. The van der Waals surface area contributed by atoms with Crippen molar-refractivity contribution in [2.24, 2.45) is 0 Å². The Hall–Kier alpha value is -1.73. The van der Waals surface area contributed by atoms with Gasteiger partial charge in [-0.1, -0.05) is 26.8 Å². The molecule has 6 nitrogen and oxygen atoms in total. The Balaban J connectivity index is 2.81. The number of amides is 1. The minimum absolute atomic E-state index is 0.114. The highest BCUT2D eigenvalue weighted by Crippen LogP contribution is 2.27. The molecule has 1 atom stereocenters. The third-order valence-corrected chi connectivity index (χ3v) is 3.43. The Morgan fingerprint density at radius 2 is 2.24 bits per heavy atom. The van der Waals surface area contributed by atoms with Crippen LogP contribution in [-0.4, -0.2) is 41.2 Å². The second-order valence-corrected chi connectivity index (χ2v) is 6.33. The average molecular weight is 312 g/mol. The van der Waals surface area contributed by atoms with E-state index in [9.17, 15) is 9.59 Å². The molecule has 0 aliphatic carbocycles. The zero-order valence-electron chi connectivity index (χ0n) is 12.4. The smallest absolute Gasteiger partial charge is 0.328 e. The Bertz CT molecular complexity index is 519. The van der Waals surface area contributed by atoms with E-state index in [2.05, 4.69) is 16.9 Å². The van der Waals surface area contributed by atoms with Crippen molar-refractivity contribution in [2.45, 2.75) is 32.2 Å². The van der Waals surface area contributed by atoms with Crippen LogP contribution in [-0.2, 0) is 14.9 Å². The highest BCUT2D eigenvalue weighted by atomic mass is 32.1. The Labute approximate surface area is 127 Å². The van der Waals surface area contributed by atoms with Gasteiger partial charge in [0.25, 0.3) is 5.91 Å². The van der Waals surface area contributed by atoms with Crippen molar-refractivity contribution in [3.63, 3.8) is 0 Å². The monoisotopic (exact) mass is 312 g/mol. The first-order valence-corrected chi connectivity index (χ1v) is 7.31. The van der Waals surface area contributed by atoms with Crippen molar-refractivity contribution in [3.05, 3.63) is 28.7 Å². The molecule has 7 heteroatoms. The van der Waals surface area contributed by atoms with Crippen LogP contribution in [0, 0.1) is 0 Å². The first-order valence-electron chi connectivity index (χ1n) is 6.43. The van der Waals surface area contributed by atoms with E-state index in [4.69, 9.17) is 9.84 Å². The standard InChI is InChI=1S/C14H20N2O4S/c1-5-6-20-7-9(13(18)19)16-12(17)10-11(14(2,3)4)15-8-21-10/h5,8-9H,1,6-7H2,2-4H3,(H,16,17)(H,18,19). The van der Waals surface area contributed by atoms with Crippen LogP contribution in [0.1, 0.15) is 36.1 Å². The first-order chi connectivity index (χ1) is 9.77. The summed E-state index contributed by atoms with van der Waals surface area (Å²) in [5.41, 5.74) is 1.95. The number of aliphatic carboxylic acids is 1. The number of nitrogens with zero attached hydrogens (tertiary/aromatic N) is 1. The lowest BCUT2D eigenvalue weighted by atomic mass is 9.91. The average Bonchev–Trinajstić information content (AvgIpc) is 2.86. The summed E-state index contributed by atoms with van der Waals surface area (Å²) < 4.78 is 5.10. The Morgan fingerprint density at radius 3 is 2.76 bits per heavy atom. The summed E-state index contributed by atoms with van der Waals surface area (Å²) >= 11 is 1.19. The van der Waals surface area contributed by atoms with Crippen LogP contribution < -0.4 is 5.32 Å². The van der Waals surface area contributed by atoms with Gasteiger partial charge < -0.3 is 15.2 Å². The maximum Gasteiger partial charge on any atom is 0.328 e. The Kier molecular flexibility index (Phi) is 6.04. The molecule has 1 aromatic rings. The molecule has 1 unspecified atom stereocenters. The molecule has 21 heavy (non-hydrogen) atoms. The molecule has 0 radical (unpaired) electrons. The zero-order chi connectivity index (χ0) is 16.0. The van der Waals surface area contributed by atoms with E-state index in [1.807, 2.05) is 20.8 Å². The summed E-state index contributed by atoms with van der Waals surface area (Å²) in [6, 6.07) is -1.10. The summed E-state index contributed by atoms with van der Waals surface area (Å²) in [6.45, 7) is 9.43. The van der Waals surface area contributed by atoms with E-state index in [0.29, 0.717) is 10.6 Å². The van der Waals surface area contributed by atoms with Gasteiger partial charge in [0.15, 0.2) is 6.04 Å². The lowest BCUT2D eigenvalue weighted by Crippen LogP contribution is -2.44. The van der Waals surface area contributed by atoms with E-state index in [1.165, 1.54) is 17.4 Å². The lowest BCUT2D eigenvalue weighted by molar-refractivity contribution is -0.140. The molecule has 116 valence electrons. The van der Waals surface area contributed by atoms with E-state index < -0.39 is 17.9 Å². The fraction of sp³-hybridized carbons (Fsp3) is 0.500. The minimum atomic E-state index is -1.14. The zero-order valence-corrected chi connectivity index (χ0v) is 13.2. The third-order valence-electron chi connectivity index (χ3n) is 2.61. The molecule has 0 saturated carbocycles. The van der Waals surface area contributed by atoms with Gasteiger partial charge in [-0.05, 0) is 0 Å². The van der Waals surface area contributed by atoms with Gasteiger partial charge in [0.1, 0.15) is 4.88 Å². The summed E-state index contributed by atoms with van der Waals surface area (Å²) in [5, 5.41) is 11.6. The SMILES string of the molecule is C=CCOCC(NC(=O)c1scnc1C(C)(C)C)C(=O)O. The molecule has 0 bridgehead atoms. The predicted molar refractivity (Wildman–Crippen MR) is 80.7 cm³/mol. The number of carboxylic acids is 1. The quantitative estimate of drug-likeness (QED) is 0.592. The molecular weight excluding hydrogens is 292 g/mol. The molecule has 0 spiro atoms. The predicted octanol–water partition coefficient (Wildman–Crippen LogP) is 1.83. The largest absolute Gasteiger partial charge is 0.480 e. The fourth-order valence-electron chi connectivity index (χ4n) is 1.61. The molecule has 0 aliphatic heterocycles. The molecule has 1 aromatic heterocycles. The van der Waals surface area contributed by atoms with Gasteiger partial charge in [-0.3, -0.25) is 4.79 Å². The molecule has 0 aliphatic rings. The fourth-order valence-corrected chi connectivity index (χ4v) is 2.51. The highest BCUT2D eigenvalue weighted by molar-refractivity contribution is 7.11. The van der Waals surface area contributed by atoms with Crippen molar-refractivity contribution in [1.82, 2.24) is 10.3 Å². The molecule has 1 heterocycles. The highest BCUT2D eigenvalue weighted by Gasteiger charge is 2.28. The van der Waals surface area contributed by atoms with Gasteiger partial charge in [0, 0.05) is 5.41 Å². The van der Waals surface area contributed by atoms with Crippen molar-refractivity contribution >= 4 is 23.2 Å². The van der Waals surface area contributed by atoms with Crippen LogP contribution in [0.15, 0.2) is 18.2 Å². The number of rotatable bonds is 7. The summed E-state index contributed by atoms with van der Waals surface area (Å²) in [6.07, 6.45) is 1.52. The number of carbonyl (C=O) groups is 2. The van der Waals surface area contributed by atoms with Crippen molar-refractivity contribution in [1.29, 1.82) is 0 Å². The number of hydrogen-bond acceptors (Lipinski definition) is 5. The van der Waals surface area contributed by atoms with Gasteiger partial charge in [-0.25, -0.2) is 9.78 Å². The third kappa shape index (κ3) is 4.95. The number of carboxylic acid groups (broad SMARTS) is 1. The first kappa shape index (κ1) is 17.3. The minimum Gasteiger partial charge on any atom is -0.480 e. The molecular formula is C14H20N2O4S. The number of hydrogen-bond donors (Lipinski definition) is 2. The van der Waals surface area contributed by atoms with Crippen molar-refractivity contribution < 1.29 is 19.4 Å². The molecule has 0 aromatic carbocycles. The van der Waals surface area contributed by atoms with E-state index >= 15 is 0 Å². The van der Waals surface area contributed by atoms with Crippen LogP contribution in [0.3, 0.4) is 0 Å². The van der Waals surface area contributed by atoms with Crippen LogP contribution >= 0.6 is 11.3 Å². The van der Waals surface area contributed by atoms with E-state index in [0.717, 1.165) is 0 Å². The van der Waals surface area contributed by atoms with Gasteiger partial charge >= 0.3 is 5.97 Å². The van der Waals surface area contributed by atoms with Crippen LogP contribution in [0.25, 0.3) is 0 Å². The molecule has 1 amide bonds. The van der Waals surface area contributed by atoms with Crippen molar-refractivity contribution in [3.8, 4) is 0 Å². The number of ether oxygens (including phenoxy) is 1. The molecule has 2 N–H and O–H groups in total. The second kappa shape index (κ2) is 7.33. The maximum absolute atomic E-state index is 12.2. The maximum atomic E-state index is 12.2. The lowest BCUT2D eigenvalue weighted by Gasteiger charge is -2.19. The van der Waals surface area contributed by atoms with E-state index in [1.54, 1.807) is 5.51 Å². The van der Waals surface area contributed by atoms with E-state index in [-0.39, 0.29) is 18.6 Å². The molecule has 0 saturated heterocycles. The van der Waals surface area contributed by atoms with Crippen molar-refractivity contribution in [2.75, 3.05) is 13.2 Å². The Morgan fingerprint density at radius 1 is 1.57 bits per heavy atom. The topological polar surface area (TPSA) is 88.5 Å². The second-order valence-electron chi connectivity index (χ2n) is 5.47. The number of aromatic nitrogens is 1. The summed E-state index contributed by atoms with van der Waals surface area (Å²) in [7, 11) is 0. The van der Waals surface area contributed by atoms with Crippen LogP contribution in [0.2, 0.25) is 0 Å². The summed E-state index contributed by atoms with van der Waals surface area (Å²) in [5.74, 6) is -1.59. The van der Waals surface area contributed by atoms with Gasteiger partial charge in [0.05, 0.1) is 24.4 Å².